The molecule has 0 aromatic heterocycles. The Kier molecular flexibility index (Phi) is 5.36. The Morgan fingerprint density at radius 2 is 2.00 bits per heavy atom. The molecule has 20 heavy (non-hydrogen) atoms. The molecule has 0 aliphatic rings. The summed E-state index contributed by atoms with van der Waals surface area (Å²) in [6.45, 7) is 8.34. The van der Waals surface area contributed by atoms with Gasteiger partial charge in [-0.15, -0.1) is 0 Å². The smallest absolute Gasteiger partial charge is 0.255 e. The van der Waals surface area contributed by atoms with Gasteiger partial charge in [0.2, 0.25) is 0 Å². The Morgan fingerprint density at radius 1 is 1.40 bits per heavy atom. The molecule has 0 aliphatic heterocycles. The number of carbonyl (C=O) groups excluding carboxylic acids is 1. The van der Waals surface area contributed by atoms with E-state index in [2.05, 4.69) is 6.58 Å². The first kappa shape index (κ1) is 16.7. The number of sulfone groups is 1. The Balaban J connectivity index is 3.24. The number of amides is 1. The quantitative estimate of drug-likeness (QED) is 0.785. The molecule has 0 radical (unpaired) electrons. The first-order valence-corrected chi connectivity index (χ1v) is 8.37. The molecule has 1 amide bonds. The molecular formula is C14H18ClNO3S. The van der Waals surface area contributed by atoms with Crippen LogP contribution in [0.2, 0.25) is 5.02 Å². The highest BCUT2D eigenvalue weighted by Gasteiger charge is 2.19. The van der Waals surface area contributed by atoms with Gasteiger partial charge in [-0.1, -0.05) is 23.8 Å². The third-order valence-electron chi connectivity index (χ3n) is 2.73. The van der Waals surface area contributed by atoms with E-state index in [1.165, 1.54) is 18.2 Å². The minimum absolute atomic E-state index is 0.0802. The average Bonchev–Trinajstić information content (AvgIpc) is 2.34. The third kappa shape index (κ3) is 4.08. The minimum Gasteiger partial charge on any atom is -0.335 e. The fourth-order valence-electron chi connectivity index (χ4n) is 1.72. The van der Waals surface area contributed by atoms with Crippen LogP contribution >= 0.6 is 11.6 Å². The number of carbonyl (C=O) groups is 1. The van der Waals surface area contributed by atoms with Crippen molar-refractivity contribution in [2.75, 3.05) is 19.3 Å². The third-order valence-corrected chi connectivity index (χ3v) is 4.17. The van der Waals surface area contributed by atoms with Crippen molar-refractivity contribution in [2.45, 2.75) is 18.7 Å². The van der Waals surface area contributed by atoms with Gasteiger partial charge in [-0.05, 0) is 32.0 Å². The fraction of sp³-hybridized carbons (Fsp3) is 0.357. The van der Waals surface area contributed by atoms with Crippen molar-refractivity contribution in [3.63, 3.8) is 0 Å². The molecule has 110 valence electrons. The van der Waals surface area contributed by atoms with E-state index in [0.717, 1.165) is 11.8 Å². The first-order valence-electron chi connectivity index (χ1n) is 6.10. The molecule has 0 saturated carbocycles. The summed E-state index contributed by atoms with van der Waals surface area (Å²) in [7, 11) is -3.38. The normalized spacial score (nSPS) is 11.2. The summed E-state index contributed by atoms with van der Waals surface area (Å²) in [5.74, 6) is -0.300. The van der Waals surface area contributed by atoms with Gasteiger partial charge in [-0.3, -0.25) is 4.79 Å². The molecule has 0 N–H and O–H groups in total. The van der Waals surface area contributed by atoms with Crippen molar-refractivity contribution in [3.8, 4) is 0 Å². The van der Waals surface area contributed by atoms with E-state index < -0.39 is 9.84 Å². The Morgan fingerprint density at radius 3 is 2.45 bits per heavy atom. The second-order valence-electron chi connectivity index (χ2n) is 4.69. The fourth-order valence-corrected chi connectivity index (χ4v) is 2.57. The minimum atomic E-state index is -3.38. The lowest BCUT2D eigenvalue weighted by Gasteiger charge is -2.21. The Labute approximate surface area is 125 Å². The molecule has 4 nitrogen and oxygen atoms in total. The zero-order chi connectivity index (χ0) is 15.5. The van der Waals surface area contributed by atoms with E-state index >= 15 is 0 Å². The van der Waals surface area contributed by atoms with Gasteiger partial charge in [0, 0.05) is 19.3 Å². The summed E-state index contributed by atoms with van der Waals surface area (Å²) >= 11 is 6.01. The zero-order valence-corrected chi connectivity index (χ0v) is 13.4. The van der Waals surface area contributed by atoms with E-state index in [4.69, 9.17) is 11.6 Å². The molecule has 0 saturated heterocycles. The van der Waals surface area contributed by atoms with Gasteiger partial charge >= 0.3 is 0 Å². The van der Waals surface area contributed by atoms with Crippen LogP contribution in [-0.4, -0.2) is 38.6 Å². The highest BCUT2D eigenvalue weighted by atomic mass is 35.5. The van der Waals surface area contributed by atoms with Crippen molar-refractivity contribution >= 4 is 27.3 Å². The van der Waals surface area contributed by atoms with Gasteiger partial charge in [0.15, 0.2) is 9.84 Å². The summed E-state index contributed by atoms with van der Waals surface area (Å²) in [5.41, 5.74) is 1.04. The number of halogens is 1. The molecule has 0 unspecified atom stereocenters. The maximum Gasteiger partial charge on any atom is 0.255 e. The summed E-state index contributed by atoms with van der Waals surface area (Å²) < 4.78 is 23.1. The first-order chi connectivity index (χ1) is 9.16. The molecule has 0 bridgehead atoms. The molecule has 0 spiro atoms. The number of benzene rings is 1. The standard InChI is InChI=1S/C14H18ClNO3S/c1-5-16(9-10(2)3)14(17)12-8-11(20(4,18)19)6-7-13(12)15/h6-8H,2,5,9H2,1,3-4H3. The number of nitrogens with zero attached hydrogens (tertiary/aromatic N) is 1. The topological polar surface area (TPSA) is 54.5 Å². The predicted molar refractivity (Wildman–Crippen MR) is 81.0 cm³/mol. The van der Waals surface area contributed by atoms with E-state index in [9.17, 15) is 13.2 Å². The molecule has 0 fully saturated rings. The van der Waals surface area contributed by atoms with Crippen molar-refractivity contribution in [1.29, 1.82) is 0 Å². The summed E-state index contributed by atoms with van der Waals surface area (Å²) in [6.07, 6.45) is 1.09. The summed E-state index contributed by atoms with van der Waals surface area (Å²) in [5, 5.41) is 0.238. The van der Waals surface area contributed by atoms with Crippen molar-refractivity contribution < 1.29 is 13.2 Å². The van der Waals surface area contributed by atoms with Crippen molar-refractivity contribution in [3.05, 3.63) is 40.9 Å². The Hall–Kier alpha value is -1.33. The number of rotatable bonds is 5. The molecule has 0 aliphatic carbocycles. The van der Waals surface area contributed by atoms with Crippen LogP contribution < -0.4 is 0 Å². The van der Waals surface area contributed by atoms with Gasteiger partial charge < -0.3 is 4.90 Å². The van der Waals surface area contributed by atoms with Crippen LogP contribution in [0.1, 0.15) is 24.2 Å². The highest BCUT2D eigenvalue weighted by Crippen LogP contribution is 2.22. The van der Waals surface area contributed by atoms with E-state index in [-0.39, 0.29) is 21.4 Å². The van der Waals surface area contributed by atoms with Crippen LogP contribution in [0.4, 0.5) is 0 Å². The maximum absolute atomic E-state index is 12.4. The van der Waals surface area contributed by atoms with E-state index in [0.29, 0.717) is 13.1 Å². The molecule has 1 rings (SSSR count). The lowest BCUT2D eigenvalue weighted by molar-refractivity contribution is 0.0778. The van der Waals surface area contributed by atoms with E-state index in [1.807, 2.05) is 13.8 Å². The molecule has 1 aromatic carbocycles. The van der Waals surface area contributed by atoms with Gasteiger partial charge in [-0.2, -0.15) is 0 Å². The van der Waals surface area contributed by atoms with Gasteiger partial charge in [0.25, 0.3) is 5.91 Å². The van der Waals surface area contributed by atoms with Gasteiger partial charge in [-0.25, -0.2) is 8.42 Å². The van der Waals surface area contributed by atoms with Crippen LogP contribution in [-0.2, 0) is 9.84 Å². The van der Waals surface area contributed by atoms with Crippen molar-refractivity contribution in [2.24, 2.45) is 0 Å². The van der Waals surface area contributed by atoms with Crippen LogP contribution in [0.25, 0.3) is 0 Å². The van der Waals surface area contributed by atoms with Crippen LogP contribution in [0, 0.1) is 0 Å². The maximum atomic E-state index is 12.4. The SMILES string of the molecule is C=C(C)CN(CC)C(=O)c1cc(S(C)(=O)=O)ccc1Cl. The highest BCUT2D eigenvalue weighted by molar-refractivity contribution is 7.90. The second-order valence-corrected chi connectivity index (χ2v) is 7.11. The monoisotopic (exact) mass is 315 g/mol. The number of hydrogen-bond donors (Lipinski definition) is 0. The van der Waals surface area contributed by atoms with Crippen LogP contribution in [0.3, 0.4) is 0 Å². The molecular weight excluding hydrogens is 298 g/mol. The molecule has 0 heterocycles. The summed E-state index contributed by atoms with van der Waals surface area (Å²) in [6, 6.07) is 4.14. The number of likely N-dealkylation sites (N-methyl/N-ethyl adjacent to an activating group) is 1. The predicted octanol–water partition coefficient (Wildman–Crippen LogP) is 2.78. The summed E-state index contributed by atoms with van der Waals surface area (Å²) in [4.78, 5) is 14.1. The van der Waals surface area contributed by atoms with Crippen LogP contribution in [0.5, 0.6) is 0 Å². The average molecular weight is 316 g/mol. The zero-order valence-electron chi connectivity index (χ0n) is 11.8. The van der Waals surface area contributed by atoms with E-state index in [1.54, 1.807) is 4.90 Å². The molecule has 6 heteroatoms. The Bertz CT molecular complexity index is 638. The lowest BCUT2D eigenvalue weighted by atomic mass is 10.2. The van der Waals surface area contributed by atoms with Crippen molar-refractivity contribution in [1.82, 2.24) is 4.90 Å². The lowest BCUT2D eigenvalue weighted by Crippen LogP contribution is -2.32. The van der Waals surface area contributed by atoms with Crippen LogP contribution in [0.15, 0.2) is 35.2 Å². The van der Waals surface area contributed by atoms with Gasteiger partial charge in [0.05, 0.1) is 15.5 Å². The molecule has 0 atom stereocenters. The number of hydrogen-bond acceptors (Lipinski definition) is 3. The van der Waals surface area contributed by atoms with Gasteiger partial charge in [0.1, 0.15) is 0 Å². The second kappa shape index (κ2) is 6.41. The largest absolute Gasteiger partial charge is 0.335 e. The molecule has 1 aromatic rings.